The zero-order valence-electron chi connectivity index (χ0n) is 12.0. The standard InChI is InChI=1S/C16H30O/c1-4-13-7-9-14(10-8-13)16(17)12-6-5-11-15(16,2)3/h13-14,17H,4-12H2,1-3H3. The Morgan fingerprint density at radius 1 is 1.00 bits per heavy atom. The number of hydrogen-bond acceptors (Lipinski definition) is 1. The van der Waals surface area contributed by atoms with Crippen molar-refractivity contribution in [3.8, 4) is 0 Å². The van der Waals surface area contributed by atoms with E-state index in [0.29, 0.717) is 5.92 Å². The first kappa shape index (κ1) is 13.4. The van der Waals surface area contributed by atoms with Gasteiger partial charge in [-0.3, -0.25) is 0 Å². The van der Waals surface area contributed by atoms with Crippen molar-refractivity contribution in [2.75, 3.05) is 0 Å². The second-order valence-electron chi connectivity index (χ2n) is 7.14. The third-order valence-electron chi connectivity index (χ3n) is 5.88. The third-order valence-corrected chi connectivity index (χ3v) is 5.88. The van der Waals surface area contributed by atoms with Crippen LogP contribution in [0.25, 0.3) is 0 Å². The van der Waals surface area contributed by atoms with Crippen molar-refractivity contribution in [3.05, 3.63) is 0 Å². The van der Waals surface area contributed by atoms with Gasteiger partial charge in [-0.05, 0) is 42.9 Å². The highest BCUT2D eigenvalue weighted by atomic mass is 16.3. The van der Waals surface area contributed by atoms with Crippen LogP contribution in [0.2, 0.25) is 0 Å². The molecule has 2 aliphatic carbocycles. The highest BCUT2D eigenvalue weighted by molar-refractivity contribution is 5.01. The maximum absolute atomic E-state index is 11.2. The second kappa shape index (κ2) is 4.91. The molecule has 2 aliphatic rings. The van der Waals surface area contributed by atoms with Gasteiger partial charge in [0.15, 0.2) is 0 Å². The Morgan fingerprint density at radius 2 is 1.59 bits per heavy atom. The molecule has 0 spiro atoms. The first-order valence-corrected chi connectivity index (χ1v) is 7.72. The molecule has 100 valence electrons. The van der Waals surface area contributed by atoms with E-state index in [1.54, 1.807) is 0 Å². The molecular formula is C16H30O. The molecule has 2 rings (SSSR count). The molecular weight excluding hydrogens is 208 g/mol. The minimum atomic E-state index is -0.371. The Labute approximate surface area is 107 Å². The van der Waals surface area contributed by atoms with Crippen molar-refractivity contribution < 1.29 is 5.11 Å². The van der Waals surface area contributed by atoms with Gasteiger partial charge in [0.1, 0.15) is 0 Å². The Bertz CT molecular complexity index is 250. The molecule has 1 heteroatoms. The molecule has 0 saturated heterocycles. The summed E-state index contributed by atoms with van der Waals surface area (Å²) in [6.45, 7) is 6.89. The van der Waals surface area contributed by atoms with E-state index >= 15 is 0 Å². The molecule has 0 amide bonds. The van der Waals surface area contributed by atoms with Crippen LogP contribution in [-0.2, 0) is 0 Å². The van der Waals surface area contributed by atoms with Crippen LogP contribution in [0.1, 0.15) is 78.6 Å². The van der Waals surface area contributed by atoms with Gasteiger partial charge in [0.05, 0.1) is 5.60 Å². The summed E-state index contributed by atoms with van der Waals surface area (Å²) in [4.78, 5) is 0. The van der Waals surface area contributed by atoms with Crippen LogP contribution in [0.3, 0.4) is 0 Å². The zero-order chi connectivity index (χ0) is 12.5. The minimum Gasteiger partial charge on any atom is -0.389 e. The first-order valence-electron chi connectivity index (χ1n) is 7.72. The molecule has 0 aromatic heterocycles. The molecule has 2 fully saturated rings. The summed E-state index contributed by atoms with van der Waals surface area (Å²) in [5, 5.41) is 11.2. The van der Waals surface area contributed by atoms with E-state index in [0.717, 1.165) is 12.3 Å². The lowest BCUT2D eigenvalue weighted by Gasteiger charge is -2.52. The predicted octanol–water partition coefficient (Wildman–Crippen LogP) is 4.53. The van der Waals surface area contributed by atoms with Crippen LogP contribution < -0.4 is 0 Å². The van der Waals surface area contributed by atoms with E-state index in [9.17, 15) is 5.11 Å². The topological polar surface area (TPSA) is 20.2 Å². The summed E-state index contributed by atoms with van der Waals surface area (Å²) in [7, 11) is 0. The van der Waals surface area contributed by atoms with Crippen molar-refractivity contribution in [3.63, 3.8) is 0 Å². The Hall–Kier alpha value is -0.0400. The van der Waals surface area contributed by atoms with Crippen LogP contribution in [-0.4, -0.2) is 10.7 Å². The molecule has 1 nitrogen and oxygen atoms in total. The molecule has 0 aromatic carbocycles. The molecule has 0 heterocycles. The molecule has 1 N–H and O–H groups in total. The van der Waals surface area contributed by atoms with Gasteiger partial charge in [-0.2, -0.15) is 0 Å². The Kier molecular flexibility index (Phi) is 3.87. The van der Waals surface area contributed by atoms with Crippen molar-refractivity contribution in [2.45, 2.75) is 84.2 Å². The SMILES string of the molecule is CCC1CCC(C2(O)CCCCC2(C)C)CC1. The lowest BCUT2D eigenvalue weighted by Crippen LogP contribution is -2.53. The molecule has 0 aromatic rings. The van der Waals surface area contributed by atoms with E-state index in [4.69, 9.17) is 0 Å². The fourth-order valence-electron chi connectivity index (χ4n) is 4.32. The molecule has 1 atom stereocenters. The van der Waals surface area contributed by atoms with Crippen LogP contribution in [0, 0.1) is 17.3 Å². The molecule has 2 saturated carbocycles. The Morgan fingerprint density at radius 3 is 2.12 bits per heavy atom. The third kappa shape index (κ3) is 2.41. The van der Waals surface area contributed by atoms with E-state index in [2.05, 4.69) is 20.8 Å². The van der Waals surface area contributed by atoms with E-state index < -0.39 is 0 Å². The monoisotopic (exact) mass is 238 g/mol. The van der Waals surface area contributed by atoms with Gasteiger partial charge in [0.25, 0.3) is 0 Å². The van der Waals surface area contributed by atoms with Gasteiger partial charge in [-0.15, -0.1) is 0 Å². The zero-order valence-corrected chi connectivity index (χ0v) is 12.0. The van der Waals surface area contributed by atoms with Gasteiger partial charge in [0.2, 0.25) is 0 Å². The van der Waals surface area contributed by atoms with Crippen molar-refractivity contribution >= 4 is 0 Å². The normalized spacial score (nSPS) is 42.4. The molecule has 0 aliphatic heterocycles. The van der Waals surface area contributed by atoms with Crippen LogP contribution in [0.5, 0.6) is 0 Å². The first-order chi connectivity index (χ1) is 7.99. The van der Waals surface area contributed by atoms with Crippen LogP contribution >= 0.6 is 0 Å². The highest BCUT2D eigenvalue weighted by Gasteiger charge is 2.50. The quantitative estimate of drug-likeness (QED) is 0.749. The molecule has 1 unspecified atom stereocenters. The van der Waals surface area contributed by atoms with Crippen molar-refractivity contribution in [2.24, 2.45) is 17.3 Å². The lowest BCUT2D eigenvalue weighted by molar-refractivity contribution is -0.148. The fourth-order valence-corrected chi connectivity index (χ4v) is 4.32. The average Bonchev–Trinajstić information content (AvgIpc) is 2.33. The molecule has 0 bridgehead atoms. The molecule has 17 heavy (non-hydrogen) atoms. The number of hydrogen-bond donors (Lipinski definition) is 1. The van der Waals surface area contributed by atoms with Gasteiger partial charge in [0, 0.05) is 0 Å². The molecule has 0 radical (unpaired) electrons. The van der Waals surface area contributed by atoms with Gasteiger partial charge in [-0.1, -0.05) is 52.9 Å². The highest BCUT2D eigenvalue weighted by Crippen LogP contribution is 2.52. The summed E-state index contributed by atoms with van der Waals surface area (Å²) in [5.41, 5.74) is -0.237. The lowest BCUT2D eigenvalue weighted by atomic mass is 9.57. The van der Waals surface area contributed by atoms with E-state index in [-0.39, 0.29) is 11.0 Å². The maximum Gasteiger partial charge on any atom is 0.0726 e. The summed E-state index contributed by atoms with van der Waals surface area (Å²) in [5.74, 6) is 1.50. The summed E-state index contributed by atoms with van der Waals surface area (Å²) in [6, 6.07) is 0. The van der Waals surface area contributed by atoms with Crippen molar-refractivity contribution in [1.82, 2.24) is 0 Å². The number of rotatable bonds is 2. The van der Waals surface area contributed by atoms with Crippen molar-refractivity contribution in [1.29, 1.82) is 0 Å². The fraction of sp³-hybridized carbons (Fsp3) is 1.00. The van der Waals surface area contributed by atoms with Crippen LogP contribution in [0.15, 0.2) is 0 Å². The Balaban J connectivity index is 2.05. The van der Waals surface area contributed by atoms with E-state index in [1.807, 2.05) is 0 Å². The summed E-state index contributed by atoms with van der Waals surface area (Å²) >= 11 is 0. The maximum atomic E-state index is 11.2. The minimum absolute atomic E-state index is 0.134. The number of aliphatic hydroxyl groups is 1. The van der Waals surface area contributed by atoms with Gasteiger partial charge in [-0.25, -0.2) is 0 Å². The van der Waals surface area contributed by atoms with E-state index in [1.165, 1.54) is 51.4 Å². The van der Waals surface area contributed by atoms with Crippen LogP contribution in [0.4, 0.5) is 0 Å². The largest absolute Gasteiger partial charge is 0.389 e. The average molecular weight is 238 g/mol. The smallest absolute Gasteiger partial charge is 0.0726 e. The van der Waals surface area contributed by atoms with Gasteiger partial charge < -0.3 is 5.11 Å². The van der Waals surface area contributed by atoms with Gasteiger partial charge >= 0.3 is 0 Å². The second-order valence-corrected chi connectivity index (χ2v) is 7.14. The summed E-state index contributed by atoms with van der Waals surface area (Å²) in [6.07, 6.45) is 11.3. The summed E-state index contributed by atoms with van der Waals surface area (Å²) < 4.78 is 0. The predicted molar refractivity (Wildman–Crippen MR) is 72.9 cm³/mol.